The van der Waals surface area contributed by atoms with Crippen molar-refractivity contribution in [3.8, 4) is 0 Å². The molecule has 0 bridgehead atoms. The standard InChI is InChI=1S/C6H12.C2H6.Y/c1-5(2)6(3)4;1-2;/h1-4H3;1-2H3;. The van der Waals surface area contributed by atoms with E-state index in [1.54, 1.807) is 0 Å². The normalized spacial score (nSPS) is 6.00. The molecule has 0 saturated carbocycles. The van der Waals surface area contributed by atoms with E-state index >= 15 is 0 Å². The first-order valence-electron chi connectivity index (χ1n) is 3.25. The van der Waals surface area contributed by atoms with Crippen molar-refractivity contribution in [3.05, 3.63) is 11.1 Å². The van der Waals surface area contributed by atoms with Gasteiger partial charge in [0.25, 0.3) is 0 Å². The summed E-state index contributed by atoms with van der Waals surface area (Å²) in [4.78, 5) is 0. The van der Waals surface area contributed by atoms with Crippen LogP contribution >= 0.6 is 0 Å². The Morgan fingerprint density at radius 3 is 0.778 bits per heavy atom. The van der Waals surface area contributed by atoms with Crippen LogP contribution in [0.15, 0.2) is 11.1 Å². The summed E-state index contributed by atoms with van der Waals surface area (Å²) in [7, 11) is 0. The van der Waals surface area contributed by atoms with Gasteiger partial charge in [-0.25, -0.2) is 0 Å². The molecule has 0 spiro atoms. The van der Waals surface area contributed by atoms with E-state index in [1.807, 2.05) is 13.8 Å². The van der Waals surface area contributed by atoms with Gasteiger partial charge in [0.1, 0.15) is 0 Å². The fraction of sp³-hybridized carbons (Fsp3) is 0.750. The Morgan fingerprint density at radius 2 is 0.778 bits per heavy atom. The van der Waals surface area contributed by atoms with Crippen LogP contribution in [0.25, 0.3) is 0 Å². The average molecular weight is 203 g/mol. The number of allylic oxidation sites excluding steroid dienone is 2. The third-order valence-electron chi connectivity index (χ3n) is 1.00. The van der Waals surface area contributed by atoms with E-state index in [0.717, 1.165) is 0 Å². The van der Waals surface area contributed by atoms with E-state index in [0.29, 0.717) is 0 Å². The topological polar surface area (TPSA) is 0 Å². The van der Waals surface area contributed by atoms with Gasteiger partial charge in [-0.3, -0.25) is 0 Å². The number of hydrogen-bond acceptors (Lipinski definition) is 0. The molecule has 0 aliphatic heterocycles. The fourth-order valence-corrected chi connectivity index (χ4v) is 0. The van der Waals surface area contributed by atoms with E-state index in [-0.39, 0.29) is 32.7 Å². The Kier molecular flexibility index (Phi) is 21.2. The molecule has 0 N–H and O–H groups in total. The fourth-order valence-electron chi connectivity index (χ4n) is 0. The first-order valence-corrected chi connectivity index (χ1v) is 3.25. The quantitative estimate of drug-likeness (QED) is 0.529. The SMILES string of the molecule is CC.CC(C)=C(C)C.[Y]. The molecule has 53 valence electrons. The van der Waals surface area contributed by atoms with Crippen molar-refractivity contribution < 1.29 is 32.7 Å². The monoisotopic (exact) mass is 203 g/mol. The molecule has 0 rings (SSSR count). The summed E-state index contributed by atoms with van der Waals surface area (Å²) in [6.45, 7) is 12.5. The number of rotatable bonds is 0. The molecule has 1 heteroatoms. The molecule has 0 atom stereocenters. The van der Waals surface area contributed by atoms with Crippen LogP contribution in [0.4, 0.5) is 0 Å². The zero-order chi connectivity index (χ0) is 7.15. The Hall–Kier alpha value is 0.844. The molecule has 0 aromatic carbocycles. The van der Waals surface area contributed by atoms with Crippen LogP contribution in [0.2, 0.25) is 0 Å². The molecular formula is C8H18Y. The Balaban J connectivity index is -0.000000109. The van der Waals surface area contributed by atoms with Crippen molar-refractivity contribution in [1.29, 1.82) is 0 Å². The molecule has 0 unspecified atom stereocenters. The minimum Gasteiger partial charge on any atom is -0.0778 e. The van der Waals surface area contributed by atoms with Crippen molar-refractivity contribution in [2.24, 2.45) is 0 Å². The van der Waals surface area contributed by atoms with Crippen LogP contribution in [0.5, 0.6) is 0 Å². The minimum atomic E-state index is 0. The van der Waals surface area contributed by atoms with Gasteiger partial charge in [0.15, 0.2) is 0 Å². The van der Waals surface area contributed by atoms with Crippen molar-refractivity contribution in [2.75, 3.05) is 0 Å². The first-order chi connectivity index (χ1) is 3.64. The number of hydrogen-bond donors (Lipinski definition) is 0. The predicted molar refractivity (Wildman–Crippen MR) is 41.1 cm³/mol. The van der Waals surface area contributed by atoms with Crippen LogP contribution < -0.4 is 0 Å². The van der Waals surface area contributed by atoms with Gasteiger partial charge in [0.2, 0.25) is 0 Å². The Labute approximate surface area is 85.0 Å². The molecule has 0 fully saturated rings. The second-order valence-electron chi connectivity index (χ2n) is 2.00. The van der Waals surface area contributed by atoms with Crippen molar-refractivity contribution >= 4 is 0 Å². The second-order valence-corrected chi connectivity index (χ2v) is 2.00. The molecule has 0 aliphatic rings. The first kappa shape index (κ1) is 16.4. The van der Waals surface area contributed by atoms with Gasteiger partial charge in [-0.2, -0.15) is 0 Å². The summed E-state index contributed by atoms with van der Waals surface area (Å²) in [5.74, 6) is 0. The van der Waals surface area contributed by atoms with Gasteiger partial charge in [-0.15, -0.1) is 0 Å². The van der Waals surface area contributed by atoms with Crippen LogP contribution in [-0.2, 0) is 32.7 Å². The van der Waals surface area contributed by atoms with Crippen LogP contribution in [0.3, 0.4) is 0 Å². The van der Waals surface area contributed by atoms with E-state index < -0.39 is 0 Å². The van der Waals surface area contributed by atoms with E-state index in [4.69, 9.17) is 0 Å². The van der Waals surface area contributed by atoms with Crippen LogP contribution in [0, 0.1) is 0 Å². The van der Waals surface area contributed by atoms with Crippen LogP contribution in [-0.4, -0.2) is 0 Å². The molecule has 0 aromatic rings. The van der Waals surface area contributed by atoms with Crippen molar-refractivity contribution in [1.82, 2.24) is 0 Å². The summed E-state index contributed by atoms with van der Waals surface area (Å²) < 4.78 is 0. The van der Waals surface area contributed by atoms with E-state index in [9.17, 15) is 0 Å². The van der Waals surface area contributed by atoms with Gasteiger partial charge in [-0.05, 0) is 27.7 Å². The Bertz CT molecular complexity index is 54.6. The average Bonchev–Trinajstić information content (AvgIpc) is 1.72. The summed E-state index contributed by atoms with van der Waals surface area (Å²) in [5, 5.41) is 0. The molecule has 0 aromatic heterocycles. The largest absolute Gasteiger partial charge is 0.0778 e. The molecule has 0 amide bonds. The predicted octanol–water partition coefficient (Wildman–Crippen LogP) is 3.39. The maximum Gasteiger partial charge on any atom is 0 e. The van der Waals surface area contributed by atoms with E-state index in [2.05, 4.69) is 27.7 Å². The third-order valence-corrected chi connectivity index (χ3v) is 1.00. The molecule has 9 heavy (non-hydrogen) atoms. The third kappa shape index (κ3) is 17.7. The van der Waals surface area contributed by atoms with Gasteiger partial charge < -0.3 is 0 Å². The maximum atomic E-state index is 2.12. The molecule has 1 radical (unpaired) electrons. The summed E-state index contributed by atoms with van der Waals surface area (Å²) in [6, 6.07) is 0. The summed E-state index contributed by atoms with van der Waals surface area (Å²) in [6.07, 6.45) is 0. The Morgan fingerprint density at radius 1 is 0.667 bits per heavy atom. The zero-order valence-corrected chi connectivity index (χ0v) is 10.4. The van der Waals surface area contributed by atoms with Crippen LogP contribution in [0.1, 0.15) is 41.5 Å². The zero-order valence-electron chi connectivity index (χ0n) is 7.58. The second kappa shape index (κ2) is 11.6. The van der Waals surface area contributed by atoms with Gasteiger partial charge >= 0.3 is 0 Å². The molecular weight excluding hydrogens is 185 g/mol. The van der Waals surface area contributed by atoms with Crippen molar-refractivity contribution in [3.63, 3.8) is 0 Å². The van der Waals surface area contributed by atoms with Crippen molar-refractivity contribution in [2.45, 2.75) is 41.5 Å². The maximum absolute atomic E-state index is 2.12. The molecule has 0 saturated heterocycles. The van der Waals surface area contributed by atoms with Gasteiger partial charge in [0.05, 0.1) is 0 Å². The minimum absolute atomic E-state index is 0. The summed E-state index contributed by atoms with van der Waals surface area (Å²) >= 11 is 0. The van der Waals surface area contributed by atoms with Gasteiger partial charge in [-0.1, -0.05) is 25.0 Å². The molecule has 0 aliphatic carbocycles. The van der Waals surface area contributed by atoms with Gasteiger partial charge in [0, 0.05) is 32.7 Å². The smallest absolute Gasteiger partial charge is 0 e. The molecule has 0 nitrogen and oxygen atoms in total. The summed E-state index contributed by atoms with van der Waals surface area (Å²) in [5.41, 5.74) is 2.85. The molecule has 0 heterocycles. The van der Waals surface area contributed by atoms with E-state index in [1.165, 1.54) is 11.1 Å².